The molecule has 1 aromatic carbocycles. The fraction of sp³-hybridized carbons (Fsp3) is 0.333. The van der Waals surface area contributed by atoms with Crippen molar-refractivity contribution in [2.75, 3.05) is 12.0 Å². The van der Waals surface area contributed by atoms with Gasteiger partial charge >= 0.3 is 0 Å². The Kier molecular flexibility index (Phi) is 2.90. The van der Waals surface area contributed by atoms with Gasteiger partial charge in [-0.1, -0.05) is 12.1 Å². The maximum Gasteiger partial charge on any atom is 0.231 e. The second-order valence-corrected chi connectivity index (χ2v) is 3.92. The summed E-state index contributed by atoms with van der Waals surface area (Å²) < 4.78 is 0. The zero-order valence-electron chi connectivity index (χ0n) is 9.19. The molecule has 1 fully saturated rings. The highest BCUT2D eigenvalue weighted by molar-refractivity contribution is 6.02. The highest BCUT2D eigenvalue weighted by Gasteiger charge is 2.28. The molecule has 4 heteroatoms. The first-order valence-electron chi connectivity index (χ1n) is 5.30. The molecule has 0 atom stereocenters. The van der Waals surface area contributed by atoms with Crippen molar-refractivity contribution in [3.8, 4) is 0 Å². The number of nitrogens with one attached hydrogen (secondary N) is 1. The first-order chi connectivity index (χ1) is 7.66. The van der Waals surface area contributed by atoms with Crippen molar-refractivity contribution < 1.29 is 9.59 Å². The van der Waals surface area contributed by atoms with Gasteiger partial charge in [0.05, 0.1) is 6.67 Å². The number of hydrogen-bond donors (Lipinski definition) is 1. The Balaban J connectivity index is 1.97. The van der Waals surface area contributed by atoms with Gasteiger partial charge in [-0.25, -0.2) is 0 Å². The van der Waals surface area contributed by atoms with Crippen LogP contribution >= 0.6 is 0 Å². The lowest BCUT2D eigenvalue weighted by atomic mass is 10.2. The molecule has 16 heavy (non-hydrogen) atoms. The Morgan fingerprint density at radius 3 is 2.56 bits per heavy atom. The Morgan fingerprint density at radius 1 is 1.25 bits per heavy atom. The summed E-state index contributed by atoms with van der Waals surface area (Å²) in [6, 6.07) is 7.83. The lowest BCUT2D eigenvalue weighted by Gasteiger charge is -2.15. The molecule has 1 aromatic rings. The van der Waals surface area contributed by atoms with Crippen LogP contribution in [0.15, 0.2) is 24.3 Å². The van der Waals surface area contributed by atoms with Crippen LogP contribution in [0.3, 0.4) is 0 Å². The average molecular weight is 218 g/mol. The number of likely N-dealkylation sites (tertiary alicyclic amines) is 1. The van der Waals surface area contributed by atoms with Crippen molar-refractivity contribution in [2.45, 2.75) is 19.8 Å². The second-order valence-electron chi connectivity index (χ2n) is 3.92. The van der Waals surface area contributed by atoms with Crippen LogP contribution in [0.2, 0.25) is 0 Å². The summed E-state index contributed by atoms with van der Waals surface area (Å²) in [5.74, 6) is -0.185. The Morgan fingerprint density at radius 2 is 1.94 bits per heavy atom. The van der Waals surface area contributed by atoms with Crippen LogP contribution in [0, 0.1) is 6.92 Å². The number of imide groups is 1. The van der Waals surface area contributed by atoms with Gasteiger partial charge in [0.15, 0.2) is 0 Å². The van der Waals surface area contributed by atoms with Crippen LogP contribution < -0.4 is 5.32 Å². The van der Waals surface area contributed by atoms with Crippen molar-refractivity contribution in [3.63, 3.8) is 0 Å². The van der Waals surface area contributed by atoms with E-state index in [2.05, 4.69) is 5.32 Å². The average Bonchev–Trinajstić information content (AvgIpc) is 2.56. The normalized spacial score (nSPS) is 15.7. The first-order valence-corrected chi connectivity index (χ1v) is 5.30. The number of carbonyl (C=O) groups is 2. The van der Waals surface area contributed by atoms with Crippen LogP contribution in [-0.4, -0.2) is 23.4 Å². The van der Waals surface area contributed by atoms with Crippen LogP contribution in [0.25, 0.3) is 0 Å². The quantitative estimate of drug-likeness (QED) is 0.782. The van der Waals surface area contributed by atoms with Gasteiger partial charge in [-0.2, -0.15) is 0 Å². The molecule has 0 saturated carbocycles. The van der Waals surface area contributed by atoms with E-state index in [0.717, 1.165) is 11.3 Å². The number of aryl methyl sites for hydroxylation is 1. The summed E-state index contributed by atoms with van der Waals surface area (Å²) in [7, 11) is 0. The molecule has 1 heterocycles. The molecular formula is C12H14N2O2. The molecule has 2 rings (SSSR count). The predicted octanol–water partition coefficient (Wildman–Crippen LogP) is 1.51. The van der Waals surface area contributed by atoms with E-state index in [-0.39, 0.29) is 18.5 Å². The number of benzene rings is 1. The number of amides is 2. The number of carbonyl (C=O) groups excluding carboxylic acids is 2. The molecule has 0 spiro atoms. The van der Waals surface area contributed by atoms with Crippen molar-refractivity contribution in [1.29, 1.82) is 0 Å². The van der Waals surface area contributed by atoms with E-state index < -0.39 is 0 Å². The maximum absolute atomic E-state index is 11.3. The molecule has 2 amide bonds. The summed E-state index contributed by atoms with van der Waals surface area (Å²) in [5.41, 5.74) is 2.07. The molecular weight excluding hydrogens is 204 g/mol. The Bertz CT molecular complexity index is 413. The van der Waals surface area contributed by atoms with Crippen LogP contribution in [0.1, 0.15) is 18.4 Å². The molecule has 4 nitrogen and oxygen atoms in total. The minimum atomic E-state index is -0.0925. The monoisotopic (exact) mass is 218 g/mol. The van der Waals surface area contributed by atoms with Gasteiger partial charge in [-0.3, -0.25) is 14.5 Å². The van der Waals surface area contributed by atoms with Crippen LogP contribution in [0.5, 0.6) is 0 Å². The number of rotatable bonds is 3. The standard InChI is InChI=1S/C12H14N2O2/c1-9-3-2-4-10(7-9)13-8-14-11(15)5-6-12(14)16/h2-4,7,13H,5-6,8H2,1H3. The minimum absolute atomic E-state index is 0.0925. The van der Waals surface area contributed by atoms with Gasteiger partial charge in [0.1, 0.15) is 0 Å². The Labute approximate surface area is 94.2 Å². The maximum atomic E-state index is 11.3. The lowest BCUT2D eigenvalue weighted by Crippen LogP contribution is -2.33. The first kappa shape index (κ1) is 10.7. The molecule has 0 radical (unpaired) electrons. The van der Waals surface area contributed by atoms with Gasteiger partial charge in [0, 0.05) is 18.5 Å². The third kappa shape index (κ3) is 2.21. The summed E-state index contributed by atoms with van der Waals surface area (Å²) in [6.07, 6.45) is 0.683. The Hall–Kier alpha value is -1.84. The van der Waals surface area contributed by atoms with Crippen molar-refractivity contribution in [3.05, 3.63) is 29.8 Å². The van der Waals surface area contributed by atoms with Gasteiger partial charge in [-0.05, 0) is 24.6 Å². The largest absolute Gasteiger partial charge is 0.367 e. The number of nitrogens with zero attached hydrogens (tertiary/aromatic N) is 1. The van der Waals surface area contributed by atoms with E-state index in [9.17, 15) is 9.59 Å². The second kappa shape index (κ2) is 4.35. The smallest absolute Gasteiger partial charge is 0.231 e. The summed E-state index contributed by atoms with van der Waals surface area (Å²) in [6.45, 7) is 2.26. The molecule has 1 N–H and O–H groups in total. The van der Waals surface area contributed by atoms with Crippen molar-refractivity contribution in [1.82, 2.24) is 4.90 Å². The summed E-state index contributed by atoms with van der Waals surface area (Å²) in [5, 5.41) is 3.07. The third-order valence-electron chi connectivity index (χ3n) is 2.61. The molecule has 0 unspecified atom stereocenters. The molecule has 0 aromatic heterocycles. The summed E-state index contributed by atoms with van der Waals surface area (Å²) in [4.78, 5) is 23.9. The van der Waals surface area contributed by atoms with Crippen molar-refractivity contribution in [2.24, 2.45) is 0 Å². The van der Waals surface area contributed by atoms with E-state index in [0.29, 0.717) is 12.8 Å². The zero-order valence-corrected chi connectivity index (χ0v) is 9.19. The predicted molar refractivity (Wildman–Crippen MR) is 60.8 cm³/mol. The third-order valence-corrected chi connectivity index (χ3v) is 2.61. The van der Waals surface area contributed by atoms with Gasteiger partial charge < -0.3 is 5.32 Å². The molecule has 0 bridgehead atoms. The van der Waals surface area contributed by atoms with Crippen LogP contribution in [0.4, 0.5) is 5.69 Å². The molecule has 0 aliphatic carbocycles. The number of hydrogen-bond acceptors (Lipinski definition) is 3. The fourth-order valence-corrected chi connectivity index (χ4v) is 1.72. The SMILES string of the molecule is Cc1cccc(NCN2C(=O)CCC2=O)c1. The highest BCUT2D eigenvalue weighted by atomic mass is 16.2. The molecule has 84 valence electrons. The molecule has 1 aliphatic heterocycles. The highest BCUT2D eigenvalue weighted by Crippen LogP contribution is 2.13. The topological polar surface area (TPSA) is 49.4 Å². The zero-order chi connectivity index (χ0) is 11.5. The van der Waals surface area contributed by atoms with Crippen LogP contribution in [-0.2, 0) is 9.59 Å². The van der Waals surface area contributed by atoms with E-state index >= 15 is 0 Å². The minimum Gasteiger partial charge on any atom is -0.367 e. The van der Waals surface area contributed by atoms with E-state index in [1.54, 1.807) is 0 Å². The van der Waals surface area contributed by atoms with Crippen molar-refractivity contribution >= 4 is 17.5 Å². The molecule has 1 saturated heterocycles. The van der Waals surface area contributed by atoms with Gasteiger partial charge in [0.25, 0.3) is 0 Å². The van der Waals surface area contributed by atoms with E-state index in [4.69, 9.17) is 0 Å². The summed E-state index contributed by atoms with van der Waals surface area (Å²) >= 11 is 0. The van der Waals surface area contributed by atoms with Gasteiger partial charge in [0.2, 0.25) is 11.8 Å². The van der Waals surface area contributed by atoms with E-state index in [1.807, 2.05) is 31.2 Å². The van der Waals surface area contributed by atoms with Gasteiger partial charge in [-0.15, -0.1) is 0 Å². The lowest BCUT2D eigenvalue weighted by molar-refractivity contribution is -0.137. The molecule has 1 aliphatic rings. The van der Waals surface area contributed by atoms with E-state index in [1.165, 1.54) is 4.90 Å². The number of anilines is 1. The fourth-order valence-electron chi connectivity index (χ4n) is 1.72.